The van der Waals surface area contributed by atoms with Crippen molar-refractivity contribution in [2.75, 3.05) is 0 Å². The lowest BCUT2D eigenvalue weighted by Crippen LogP contribution is -2.09. The largest absolute Gasteiger partial charge is 0.435 e. The Labute approximate surface area is 167 Å². The molecule has 0 aliphatic heterocycles. The van der Waals surface area contributed by atoms with Gasteiger partial charge in [-0.1, -0.05) is 18.2 Å². The molecule has 4 rings (SSSR count). The average Bonchev–Trinajstić information content (AvgIpc) is 3.12. The van der Waals surface area contributed by atoms with Gasteiger partial charge in [0.05, 0.1) is 5.69 Å². The number of alkyl halides is 3. The van der Waals surface area contributed by atoms with Crippen molar-refractivity contribution >= 4 is 11.8 Å². The number of rotatable bonds is 4. The summed E-state index contributed by atoms with van der Waals surface area (Å²) in [6.45, 7) is 1.96. The Kier molecular flexibility index (Phi) is 5.01. The lowest BCUT2D eigenvalue weighted by molar-refractivity contribution is -0.141. The van der Waals surface area contributed by atoms with E-state index in [0.29, 0.717) is 11.0 Å². The zero-order valence-electron chi connectivity index (χ0n) is 15.0. The van der Waals surface area contributed by atoms with Crippen LogP contribution in [0, 0.1) is 6.92 Å². The Morgan fingerprint density at radius 3 is 2.28 bits per heavy atom. The quantitative estimate of drug-likeness (QED) is 0.486. The maximum absolute atomic E-state index is 12.7. The predicted octanol–water partition coefficient (Wildman–Crippen LogP) is 4.60. The maximum Gasteiger partial charge on any atom is 0.435 e. The van der Waals surface area contributed by atoms with Crippen molar-refractivity contribution in [1.29, 1.82) is 0 Å². The SMILES string of the molecule is Cc1ccccc1-n1c(Sc2ccc(C(F)(F)F)nn2)nnc1-c1ccncc1. The first-order chi connectivity index (χ1) is 13.9. The molecule has 146 valence electrons. The summed E-state index contributed by atoms with van der Waals surface area (Å²) in [6, 6.07) is 13.5. The molecule has 0 aliphatic rings. The van der Waals surface area contributed by atoms with Gasteiger partial charge >= 0.3 is 6.18 Å². The van der Waals surface area contributed by atoms with Gasteiger partial charge in [0.15, 0.2) is 11.5 Å². The highest BCUT2D eigenvalue weighted by Crippen LogP contribution is 2.33. The van der Waals surface area contributed by atoms with Crippen molar-refractivity contribution in [2.24, 2.45) is 0 Å². The van der Waals surface area contributed by atoms with E-state index in [0.717, 1.165) is 34.6 Å². The van der Waals surface area contributed by atoms with Gasteiger partial charge in [-0.3, -0.25) is 9.55 Å². The molecule has 0 aliphatic carbocycles. The van der Waals surface area contributed by atoms with Crippen LogP contribution in [0.15, 0.2) is 71.1 Å². The molecule has 0 radical (unpaired) electrons. The van der Waals surface area contributed by atoms with Crippen molar-refractivity contribution in [3.8, 4) is 17.1 Å². The molecule has 10 heteroatoms. The summed E-state index contributed by atoms with van der Waals surface area (Å²) in [5.41, 5.74) is 1.61. The van der Waals surface area contributed by atoms with E-state index in [1.165, 1.54) is 6.07 Å². The zero-order chi connectivity index (χ0) is 20.4. The number of hydrogen-bond donors (Lipinski definition) is 0. The third kappa shape index (κ3) is 3.97. The second-order valence-electron chi connectivity index (χ2n) is 6.02. The van der Waals surface area contributed by atoms with E-state index in [-0.39, 0.29) is 5.03 Å². The standard InChI is InChI=1S/C19H13F3N6S/c1-12-4-2-3-5-14(12)28-17(13-8-10-23-11-9-13)26-27-18(28)29-16-7-6-15(24-25-16)19(20,21)22/h2-11H,1H3. The molecule has 0 N–H and O–H groups in total. The molecular formula is C19H13F3N6S. The number of benzene rings is 1. The fourth-order valence-corrected chi connectivity index (χ4v) is 3.44. The number of hydrogen-bond acceptors (Lipinski definition) is 6. The van der Waals surface area contributed by atoms with Crippen molar-refractivity contribution in [3.63, 3.8) is 0 Å². The van der Waals surface area contributed by atoms with Crippen molar-refractivity contribution in [3.05, 3.63) is 72.2 Å². The summed E-state index contributed by atoms with van der Waals surface area (Å²) in [5, 5.41) is 16.2. The molecule has 0 unspecified atom stereocenters. The summed E-state index contributed by atoms with van der Waals surface area (Å²) in [6.07, 6.45) is -1.23. The second kappa shape index (κ2) is 7.63. The Morgan fingerprint density at radius 2 is 1.62 bits per heavy atom. The fraction of sp³-hybridized carbons (Fsp3) is 0.105. The molecule has 0 amide bonds. The molecule has 0 spiro atoms. The summed E-state index contributed by atoms with van der Waals surface area (Å²) >= 11 is 1.09. The first-order valence-corrected chi connectivity index (χ1v) is 9.26. The highest BCUT2D eigenvalue weighted by atomic mass is 32.2. The van der Waals surface area contributed by atoms with Crippen LogP contribution in [0.5, 0.6) is 0 Å². The highest BCUT2D eigenvalue weighted by Gasteiger charge is 2.33. The first-order valence-electron chi connectivity index (χ1n) is 8.44. The van der Waals surface area contributed by atoms with Gasteiger partial charge in [-0.2, -0.15) is 13.2 Å². The molecule has 3 heterocycles. The minimum absolute atomic E-state index is 0.279. The number of nitrogens with zero attached hydrogens (tertiary/aromatic N) is 6. The summed E-state index contributed by atoms with van der Waals surface area (Å²) in [4.78, 5) is 4.02. The number of aryl methyl sites for hydroxylation is 1. The predicted molar refractivity (Wildman–Crippen MR) is 100 cm³/mol. The molecule has 1 aromatic carbocycles. The van der Waals surface area contributed by atoms with E-state index < -0.39 is 11.9 Å². The Bertz CT molecular complexity index is 1130. The van der Waals surface area contributed by atoms with Gasteiger partial charge in [0.2, 0.25) is 5.16 Å². The maximum atomic E-state index is 12.7. The number of aromatic nitrogens is 6. The highest BCUT2D eigenvalue weighted by molar-refractivity contribution is 7.99. The molecule has 4 aromatic rings. The Balaban J connectivity index is 1.78. The van der Waals surface area contributed by atoms with E-state index >= 15 is 0 Å². The van der Waals surface area contributed by atoms with E-state index in [1.807, 2.05) is 47.9 Å². The second-order valence-corrected chi connectivity index (χ2v) is 7.01. The van der Waals surface area contributed by atoms with Crippen LogP contribution in [0.4, 0.5) is 13.2 Å². The van der Waals surface area contributed by atoms with Crippen LogP contribution in [0.25, 0.3) is 17.1 Å². The Hall–Kier alpha value is -3.27. The lowest BCUT2D eigenvalue weighted by Gasteiger charge is -2.12. The van der Waals surface area contributed by atoms with Crippen molar-refractivity contribution < 1.29 is 13.2 Å². The van der Waals surface area contributed by atoms with Crippen molar-refractivity contribution in [1.82, 2.24) is 29.9 Å². The molecule has 0 fully saturated rings. The lowest BCUT2D eigenvalue weighted by atomic mass is 10.2. The van der Waals surface area contributed by atoms with Crippen LogP contribution in [0.3, 0.4) is 0 Å². The molecule has 0 saturated heterocycles. The normalized spacial score (nSPS) is 11.6. The molecule has 0 saturated carbocycles. The van der Waals surface area contributed by atoms with Gasteiger partial charge in [-0.25, -0.2) is 0 Å². The minimum atomic E-state index is -4.54. The van der Waals surface area contributed by atoms with Gasteiger partial charge in [-0.15, -0.1) is 20.4 Å². The third-order valence-electron chi connectivity index (χ3n) is 4.05. The van der Waals surface area contributed by atoms with Crippen LogP contribution in [0.2, 0.25) is 0 Å². The zero-order valence-corrected chi connectivity index (χ0v) is 15.8. The van der Waals surface area contributed by atoms with E-state index in [4.69, 9.17) is 0 Å². The van der Waals surface area contributed by atoms with E-state index in [2.05, 4.69) is 25.4 Å². The van der Waals surface area contributed by atoms with Gasteiger partial charge in [0, 0.05) is 18.0 Å². The number of pyridine rings is 1. The van der Waals surface area contributed by atoms with Gasteiger partial charge in [0.25, 0.3) is 0 Å². The monoisotopic (exact) mass is 414 g/mol. The first kappa shape index (κ1) is 19.1. The third-order valence-corrected chi connectivity index (χ3v) is 4.93. The van der Waals surface area contributed by atoms with Crippen molar-refractivity contribution in [2.45, 2.75) is 23.3 Å². The summed E-state index contributed by atoms with van der Waals surface area (Å²) in [7, 11) is 0. The van der Waals surface area contributed by atoms with Crippen LogP contribution >= 0.6 is 11.8 Å². The van der Waals surface area contributed by atoms with Crippen LogP contribution in [-0.4, -0.2) is 29.9 Å². The minimum Gasteiger partial charge on any atom is -0.269 e. The van der Waals surface area contributed by atoms with Crippen LogP contribution in [0.1, 0.15) is 11.3 Å². The molecule has 29 heavy (non-hydrogen) atoms. The topological polar surface area (TPSA) is 69.4 Å². The Morgan fingerprint density at radius 1 is 0.862 bits per heavy atom. The molecule has 3 aromatic heterocycles. The summed E-state index contributed by atoms with van der Waals surface area (Å²) < 4.78 is 40.0. The van der Waals surface area contributed by atoms with Gasteiger partial charge in [0.1, 0.15) is 5.03 Å². The molecule has 0 bridgehead atoms. The van der Waals surface area contributed by atoms with E-state index in [9.17, 15) is 13.2 Å². The van der Waals surface area contributed by atoms with Gasteiger partial charge in [-0.05, 0) is 54.6 Å². The smallest absolute Gasteiger partial charge is 0.269 e. The molecule has 0 atom stereocenters. The van der Waals surface area contributed by atoms with Crippen LogP contribution in [-0.2, 0) is 6.18 Å². The molecule has 6 nitrogen and oxygen atoms in total. The summed E-state index contributed by atoms with van der Waals surface area (Å²) in [5.74, 6) is 0.587. The van der Waals surface area contributed by atoms with Crippen LogP contribution < -0.4 is 0 Å². The molecular weight excluding hydrogens is 401 g/mol. The van der Waals surface area contributed by atoms with E-state index in [1.54, 1.807) is 12.4 Å². The fourth-order valence-electron chi connectivity index (χ4n) is 2.67. The number of halogens is 3. The average molecular weight is 414 g/mol. The van der Waals surface area contributed by atoms with Gasteiger partial charge < -0.3 is 0 Å². The number of para-hydroxylation sites is 1.